The van der Waals surface area contributed by atoms with Crippen molar-refractivity contribution >= 4 is 33.8 Å². The van der Waals surface area contributed by atoms with Gasteiger partial charge in [-0.15, -0.1) is 0 Å². The van der Waals surface area contributed by atoms with Gasteiger partial charge in [-0.2, -0.15) is 0 Å². The molecular formula is C7H3BrClFO. The summed E-state index contributed by atoms with van der Waals surface area (Å²) in [5.74, 6) is -0.676. The van der Waals surface area contributed by atoms with E-state index in [1.807, 2.05) is 0 Å². The number of aldehydes is 1. The van der Waals surface area contributed by atoms with E-state index < -0.39 is 5.82 Å². The van der Waals surface area contributed by atoms with Gasteiger partial charge in [0.05, 0.1) is 10.6 Å². The fourth-order valence-electron chi connectivity index (χ4n) is 0.662. The van der Waals surface area contributed by atoms with Crippen LogP contribution in [0.15, 0.2) is 16.6 Å². The summed E-state index contributed by atoms with van der Waals surface area (Å²) in [6.07, 6.45) is 0.423. The highest BCUT2D eigenvalue weighted by molar-refractivity contribution is 9.10. The monoisotopic (exact) mass is 236 g/mol. The second-order valence-electron chi connectivity index (χ2n) is 1.91. The zero-order chi connectivity index (χ0) is 8.43. The summed E-state index contributed by atoms with van der Waals surface area (Å²) in [5, 5.41) is -0.0542. The van der Waals surface area contributed by atoms with Crippen LogP contribution >= 0.6 is 27.5 Å². The molecule has 1 aromatic carbocycles. The molecule has 1 nitrogen and oxygen atoms in total. The molecule has 0 unspecified atom stereocenters. The van der Waals surface area contributed by atoms with E-state index in [4.69, 9.17) is 11.6 Å². The van der Waals surface area contributed by atoms with Crippen molar-refractivity contribution in [3.8, 4) is 0 Å². The standard InChI is InChI=1S/C7H3BrClFO/c8-5-1-4(3-11)7(10)6(9)2-5/h1-3H. The number of halogens is 3. The Morgan fingerprint density at radius 2 is 2.18 bits per heavy atom. The van der Waals surface area contributed by atoms with Crippen molar-refractivity contribution in [2.24, 2.45) is 0 Å². The van der Waals surface area contributed by atoms with Gasteiger partial charge in [0.25, 0.3) is 0 Å². The van der Waals surface area contributed by atoms with Crippen molar-refractivity contribution in [2.75, 3.05) is 0 Å². The molecule has 0 aromatic heterocycles. The van der Waals surface area contributed by atoms with Gasteiger partial charge in [-0.1, -0.05) is 27.5 Å². The fourth-order valence-corrected chi connectivity index (χ4v) is 1.50. The van der Waals surface area contributed by atoms with Crippen molar-refractivity contribution < 1.29 is 9.18 Å². The van der Waals surface area contributed by atoms with Gasteiger partial charge in [-0.3, -0.25) is 4.79 Å². The maximum Gasteiger partial charge on any atom is 0.153 e. The Balaban J connectivity index is 3.35. The highest BCUT2D eigenvalue weighted by atomic mass is 79.9. The average Bonchev–Trinajstić information content (AvgIpc) is 1.96. The minimum absolute atomic E-state index is 0.0376. The number of hydrogen-bond donors (Lipinski definition) is 0. The highest BCUT2D eigenvalue weighted by Crippen LogP contribution is 2.22. The molecule has 1 rings (SSSR count). The summed E-state index contributed by atoms with van der Waals surface area (Å²) < 4.78 is 13.4. The van der Waals surface area contributed by atoms with Gasteiger partial charge in [0.2, 0.25) is 0 Å². The van der Waals surface area contributed by atoms with Crippen molar-refractivity contribution in [3.05, 3.63) is 33.0 Å². The second kappa shape index (κ2) is 3.32. The lowest BCUT2D eigenvalue weighted by Gasteiger charge is -1.97. The molecule has 0 saturated carbocycles. The first kappa shape index (κ1) is 8.68. The highest BCUT2D eigenvalue weighted by Gasteiger charge is 2.06. The molecule has 0 spiro atoms. The van der Waals surface area contributed by atoms with Gasteiger partial charge in [0.15, 0.2) is 12.1 Å². The molecular weight excluding hydrogens is 234 g/mol. The van der Waals surface area contributed by atoms with Crippen LogP contribution in [0, 0.1) is 5.82 Å². The van der Waals surface area contributed by atoms with Gasteiger partial charge < -0.3 is 0 Å². The van der Waals surface area contributed by atoms with Crippen molar-refractivity contribution in [3.63, 3.8) is 0 Å². The Labute approximate surface area is 76.3 Å². The molecule has 1 aromatic rings. The van der Waals surface area contributed by atoms with Crippen LogP contribution in [-0.2, 0) is 0 Å². The quantitative estimate of drug-likeness (QED) is 0.542. The van der Waals surface area contributed by atoms with E-state index in [0.29, 0.717) is 10.8 Å². The predicted molar refractivity (Wildman–Crippen MR) is 44.5 cm³/mol. The smallest absolute Gasteiger partial charge is 0.153 e. The van der Waals surface area contributed by atoms with E-state index in [1.165, 1.54) is 12.1 Å². The van der Waals surface area contributed by atoms with E-state index in [-0.39, 0.29) is 10.6 Å². The zero-order valence-corrected chi connectivity index (χ0v) is 7.62. The second-order valence-corrected chi connectivity index (χ2v) is 3.23. The molecule has 0 bridgehead atoms. The number of carbonyl (C=O) groups is 1. The van der Waals surface area contributed by atoms with Crippen LogP contribution in [-0.4, -0.2) is 6.29 Å². The normalized spacial score (nSPS) is 9.73. The van der Waals surface area contributed by atoms with Crippen LogP contribution in [0.2, 0.25) is 5.02 Å². The minimum atomic E-state index is -0.676. The molecule has 4 heteroatoms. The summed E-state index contributed by atoms with van der Waals surface area (Å²) >= 11 is 8.51. The molecule has 11 heavy (non-hydrogen) atoms. The number of rotatable bonds is 1. The third-order valence-electron chi connectivity index (χ3n) is 1.15. The molecule has 0 amide bonds. The molecule has 0 aliphatic rings. The molecule has 0 radical (unpaired) electrons. The third-order valence-corrected chi connectivity index (χ3v) is 1.88. The third kappa shape index (κ3) is 1.79. The Morgan fingerprint density at radius 1 is 1.55 bits per heavy atom. The van der Waals surface area contributed by atoms with Gasteiger partial charge in [-0.05, 0) is 12.1 Å². The number of hydrogen-bond acceptors (Lipinski definition) is 1. The maximum absolute atomic E-state index is 12.8. The van der Waals surface area contributed by atoms with E-state index in [9.17, 15) is 9.18 Å². The van der Waals surface area contributed by atoms with Crippen molar-refractivity contribution in [2.45, 2.75) is 0 Å². The van der Waals surface area contributed by atoms with Crippen LogP contribution in [0.4, 0.5) is 4.39 Å². The Kier molecular flexibility index (Phi) is 2.62. The lowest BCUT2D eigenvalue weighted by atomic mass is 10.2. The van der Waals surface area contributed by atoms with Gasteiger partial charge in [-0.25, -0.2) is 4.39 Å². The molecule has 0 N–H and O–H groups in total. The maximum atomic E-state index is 12.8. The minimum Gasteiger partial charge on any atom is -0.298 e. The largest absolute Gasteiger partial charge is 0.298 e. The van der Waals surface area contributed by atoms with Crippen molar-refractivity contribution in [1.82, 2.24) is 0 Å². The summed E-state index contributed by atoms with van der Waals surface area (Å²) in [7, 11) is 0. The first-order valence-electron chi connectivity index (χ1n) is 2.75. The predicted octanol–water partition coefficient (Wildman–Crippen LogP) is 3.05. The Morgan fingerprint density at radius 3 is 2.73 bits per heavy atom. The lowest BCUT2D eigenvalue weighted by molar-refractivity contribution is 0.112. The first-order chi connectivity index (χ1) is 5.15. The van der Waals surface area contributed by atoms with Gasteiger partial charge >= 0.3 is 0 Å². The summed E-state index contributed by atoms with van der Waals surface area (Å²) in [5.41, 5.74) is -0.0376. The molecule has 0 fully saturated rings. The number of carbonyl (C=O) groups excluding carboxylic acids is 1. The topological polar surface area (TPSA) is 17.1 Å². The summed E-state index contributed by atoms with van der Waals surface area (Å²) in [6.45, 7) is 0. The zero-order valence-electron chi connectivity index (χ0n) is 5.27. The summed E-state index contributed by atoms with van der Waals surface area (Å²) in [6, 6.07) is 2.76. The Bertz CT molecular complexity index is 301. The average molecular weight is 237 g/mol. The van der Waals surface area contributed by atoms with Crippen LogP contribution in [0.3, 0.4) is 0 Å². The van der Waals surface area contributed by atoms with Crippen LogP contribution in [0.5, 0.6) is 0 Å². The molecule has 0 aliphatic carbocycles. The molecule has 0 saturated heterocycles. The molecule has 0 atom stereocenters. The summed E-state index contributed by atoms with van der Waals surface area (Å²) in [4.78, 5) is 10.2. The van der Waals surface area contributed by atoms with Crippen molar-refractivity contribution in [1.29, 1.82) is 0 Å². The Hall–Kier alpha value is -0.410. The number of benzene rings is 1. The first-order valence-corrected chi connectivity index (χ1v) is 3.92. The van der Waals surface area contributed by atoms with Crippen LogP contribution < -0.4 is 0 Å². The van der Waals surface area contributed by atoms with E-state index in [0.717, 1.165) is 0 Å². The fraction of sp³-hybridized carbons (Fsp3) is 0. The van der Waals surface area contributed by atoms with Gasteiger partial charge in [0.1, 0.15) is 0 Å². The van der Waals surface area contributed by atoms with Crippen LogP contribution in [0.25, 0.3) is 0 Å². The molecule has 0 heterocycles. The van der Waals surface area contributed by atoms with E-state index in [1.54, 1.807) is 0 Å². The lowest BCUT2D eigenvalue weighted by Crippen LogP contribution is -1.88. The van der Waals surface area contributed by atoms with E-state index in [2.05, 4.69) is 15.9 Å². The van der Waals surface area contributed by atoms with Gasteiger partial charge in [0, 0.05) is 4.47 Å². The molecule has 58 valence electrons. The SMILES string of the molecule is O=Cc1cc(Br)cc(Cl)c1F. The van der Waals surface area contributed by atoms with Crippen LogP contribution in [0.1, 0.15) is 10.4 Å². The molecule has 0 aliphatic heterocycles. The van der Waals surface area contributed by atoms with E-state index >= 15 is 0 Å².